The molecule has 0 spiro atoms. The summed E-state index contributed by atoms with van der Waals surface area (Å²) in [5, 5.41) is 14.5. The molecule has 3 N–H and O–H groups in total. The Bertz CT molecular complexity index is 1090. The minimum absolute atomic E-state index is 0.307. The molecule has 4 aromatic rings. The maximum atomic E-state index is 13.4. The van der Waals surface area contributed by atoms with Crippen LogP contribution in [0.4, 0.5) is 4.39 Å². The van der Waals surface area contributed by atoms with Gasteiger partial charge in [-0.15, -0.1) is 0 Å². The van der Waals surface area contributed by atoms with Crippen molar-refractivity contribution in [3.63, 3.8) is 0 Å². The lowest BCUT2D eigenvalue weighted by Crippen LogP contribution is -2.32. The number of hydrogen-bond donors (Lipinski definition) is 3. The smallest absolute Gasteiger partial charge is 0.268 e. The second-order valence-electron chi connectivity index (χ2n) is 6.63. The predicted octanol–water partition coefficient (Wildman–Crippen LogP) is 4.51. The van der Waals surface area contributed by atoms with Crippen molar-refractivity contribution in [3.05, 3.63) is 108 Å². The summed E-state index contributed by atoms with van der Waals surface area (Å²) in [7, 11) is 0. The van der Waals surface area contributed by atoms with E-state index < -0.39 is 12.1 Å². The van der Waals surface area contributed by atoms with Crippen molar-refractivity contribution in [3.8, 4) is 0 Å². The van der Waals surface area contributed by atoms with Gasteiger partial charge in [0.05, 0.1) is 6.04 Å². The molecule has 4 rings (SSSR count). The summed E-state index contributed by atoms with van der Waals surface area (Å²) in [6, 6.07) is 23.8. The van der Waals surface area contributed by atoms with E-state index >= 15 is 0 Å². The minimum Gasteiger partial charge on any atom is -0.386 e. The summed E-state index contributed by atoms with van der Waals surface area (Å²) < 4.78 is 13.4. The number of aliphatic hydroxyl groups excluding tert-OH is 1. The number of fused-ring (bicyclic) bond motifs is 1. The highest BCUT2D eigenvalue weighted by Gasteiger charge is 2.25. The lowest BCUT2D eigenvalue weighted by Gasteiger charge is -2.25. The number of benzene rings is 3. The van der Waals surface area contributed by atoms with Crippen LogP contribution >= 0.6 is 0 Å². The third-order valence-corrected chi connectivity index (χ3v) is 4.73. The van der Waals surface area contributed by atoms with Gasteiger partial charge in [-0.3, -0.25) is 4.79 Å². The molecule has 3 aromatic carbocycles. The molecule has 1 unspecified atom stereocenters. The van der Waals surface area contributed by atoms with Crippen LogP contribution in [-0.2, 0) is 0 Å². The summed E-state index contributed by atoms with van der Waals surface area (Å²) in [6.07, 6.45) is -0.922. The van der Waals surface area contributed by atoms with E-state index in [-0.39, 0.29) is 11.7 Å². The molecule has 1 amide bonds. The highest BCUT2D eigenvalue weighted by Crippen LogP contribution is 2.29. The molecule has 5 heteroatoms. The van der Waals surface area contributed by atoms with Crippen molar-refractivity contribution in [2.45, 2.75) is 12.1 Å². The van der Waals surface area contributed by atoms with E-state index in [1.165, 1.54) is 12.1 Å². The molecule has 0 aliphatic carbocycles. The molecule has 0 aliphatic heterocycles. The normalized spacial score (nSPS) is 13.2. The van der Waals surface area contributed by atoms with Crippen LogP contribution in [-0.4, -0.2) is 16.0 Å². The van der Waals surface area contributed by atoms with Crippen molar-refractivity contribution in [2.75, 3.05) is 0 Å². The Labute approximate surface area is 161 Å². The molecule has 1 aromatic heterocycles. The monoisotopic (exact) mass is 374 g/mol. The standard InChI is InChI=1S/C23H19FN2O2/c24-18-11-12-19-17(13-18)14-20(25-19)23(28)26-21(15-7-3-1-4-8-15)22(27)16-9-5-2-6-10-16/h1-14,21-22,25,27H,(H,26,28)/t21?,22-/m1/s1. The Morgan fingerprint density at radius 3 is 2.21 bits per heavy atom. The minimum atomic E-state index is -0.922. The molecular weight excluding hydrogens is 355 g/mol. The van der Waals surface area contributed by atoms with Gasteiger partial charge in [0.25, 0.3) is 5.91 Å². The SMILES string of the molecule is O=C(NC(c1ccccc1)[C@H](O)c1ccccc1)c1cc2cc(F)ccc2[nH]1. The van der Waals surface area contributed by atoms with Gasteiger partial charge in [-0.05, 0) is 35.4 Å². The fourth-order valence-electron chi connectivity index (χ4n) is 3.29. The van der Waals surface area contributed by atoms with Crippen molar-refractivity contribution >= 4 is 16.8 Å². The van der Waals surface area contributed by atoms with Crippen molar-refractivity contribution in [2.24, 2.45) is 0 Å². The first-order chi connectivity index (χ1) is 13.6. The Balaban J connectivity index is 1.65. The molecule has 4 nitrogen and oxygen atoms in total. The number of aromatic nitrogens is 1. The summed E-state index contributed by atoms with van der Waals surface area (Å²) in [5.74, 6) is -0.736. The summed E-state index contributed by atoms with van der Waals surface area (Å²) in [6.45, 7) is 0. The van der Waals surface area contributed by atoms with Crippen LogP contribution in [0.3, 0.4) is 0 Å². The Morgan fingerprint density at radius 1 is 0.893 bits per heavy atom. The second kappa shape index (κ2) is 7.66. The van der Waals surface area contributed by atoms with E-state index in [1.54, 1.807) is 12.1 Å². The van der Waals surface area contributed by atoms with Crippen molar-refractivity contribution < 1.29 is 14.3 Å². The number of rotatable bonds is 5. The number of H-pyrrole nitrogens is 1. The zero-order valence-electron chi connectivity index (χ0n) is 15.0. The summed E-state index contributed by atoms with van der Waals surface area (Å²) >= 11 is 0. The van der Waals surface area contributed by atoms with Crippen LogP contribution in [0.2, 0.25) is 0 Å². The molecule has 0 radical (unpaired) electrons. The van der Waals surface area contributed by atoms with Crippen LogP contribution in [0, 0.1) is 5.82 Å². The molecule has 0 aliphatic rings. The van der Waals surface area contributed by atoms with Crippen LogP contribution in [0.5, 0.6) is 0 Å². The maximum Gasteiger partial charge on any atom is 0.268 e. The zero-order chi connectivity index (χ0) is 19.5. The molecule has 1 heterocycles. The number of nitrogens with one attached hydrogen (secondary N) is 2. The highest BCUT2D eigenvalue weighted by molar-refractivity contribution is 5.98. The van der Waals surface area contributed by atoms with Gasteiger partial charge in [-0.1, -0.05) is 60.7 Å². The Kier molecular flexibility index (Phi) is 4.91. The quantitative estimate of drug-likeness (QED) is 0.481. The number of carbonyl (C=O) groups is 1. The van der Waals surface area contributed by atoms with Gasteiger partial charge in [0.1, 0.15) is 17.6 Å². The lowest BCUT2D eigenvalue weighted by atomic mass is 9.95. The molecule has 0 bridgehead atoms. The van der Waals surface area contributed by atoms with Crippen LogP contribution in [0.15, 0.2) is 84.9 Å². The number of carbonyl (C=O) groups excluding carboxylic acids is 1. The van der Waals surface area contributed by atoms with Gasteiger partial charge in [0, 0.05) is 10.9 Å². The molecule has 0 saturated heterocycles. The molecular formula is C23H19FN2O2. The van der Waals surface area contributed by atoms with E-state index in [9.17, 15) is 14.3 Å². The maximum absolute atomic E-state index is 13.4. The number of hydrogen-bond acceptors (Lipinski definition) is 2. The summed E-state index contributed by atoms with van der Waals surface area (Å²) in [5.41, 5.74) is 2.47. The van der Waals surface area contributed by atoms with E-state index in [0.29, 0.717) is 22.2 Å². The fraction of sp³-hybridized carbons (Fsp3) is 0.0870. The average Bonchev–Trinajstić information content (AvgIpc) is 3.16. The number of aliphatic hydroxyl groups is 1. The first-order valence-corrected chi connectivity index (χ1v) is 8.99. The van der Waals surface area contributed by atoms with Gasteiger partial charge in [-0.25, -0.2) is 4.39 Å². The highest BCUT2D eigenvalue weighted by atomic mass is 19.1. The van der Waals surface area contributed by atoms with E-state index in [1.807, 2.05) is 60.7 Å². The fourth-order valence-corrected chi connectivity index (χ4v) is 3.29. The zero-order valence-corrected chi connectivity index (χ0v) is 15.0. The molecule has 28 heavy (non-hydrogen) atoms. The van der Waals surface area contributed by atoms with Crippen LogP contribution in [0.1, 0.15) is 33.8 Å². The average molecular weight is 374 g/mol. The third-order valence-electron chi connectivity index (χ3n) is 4.73. The largest absolute Gasteiger partial charge is 0.386 e. The van der Waals surface area contributed by atoms with Crippen molar-refractivity contribution in [1.82, 2.24) is 10.3 Å². The first kappa shape index (κ1) is 17.9. The molecule has 140 valence electrons. The number of halogens is 1. The third kappa shape index (κ3) is 3.66. The summed E-state index contributed by atoms with van der Waals surface area (Å²) in [4.78, 5) is 15.9. The molecule has 0 saturated carbocycles. The van der Waals surface area contributed by atoms with Crippen LogP contribution < -0.4 is 5.32 Å². The van der Waals surface area contributed by atoms with E-state index in [0.717, 1.165) is 5.56 Å². The van der Waals surface area contributed by atoms with Crippen LogP contribution in [0.25, 0.3) is 10.9 Å². The van der Waals surface area contributed by atoms with Gasteiger partial charge in [0.2, 0.25) is 0 Å². The van der Waals surface area contributed by atoms with Gasteiger partial charge < -0.3 is 15.4 Å². The van der Waals surface area contributed by atoms with Gasteiger partial charge in [0.15, 0.2) is 0 Å². The number of amides is 1. The van der Waals surface area contributed by atoms with Crippen molar-refractivity contribution in [1.29, 1.82) is 0 Å². The molecule has 2 atom stereocenters. The Hall–Kier alpha value is -3.44. The lowest BCUT2D eigenvalue weighted by molar-refractivity contribution is 0.0827. The topological polar surface area (TPSA) is 65.1 Å². The Morgan fingerprint density at radius 2 is 1.54 bits per heavy atom. The van der Waals surface area contributed by atoms with E-state index in [4.69, 9.17) is 0 Å². The van der Waals surface area contributed by atoms with E-state index in [2.05, 4.69) is 10.3 Å². The second-order valence-corrected chi connectivity index (χ2v) is 6.63. The number of aromatic amines is 1. The first-order valence-electron chi connectivity index (χ1n) is 8.99. The molecule has 0 fully saturated rings. The van der Waals surface area contributed by atoms with Gasteiger partial charge >= 0.3 is 0 Å². The predicted molar refractivity (Wildman–Crippen MR) is 106 cm³/mol. The van der Waals surface area contributed by atoms with Gasteiger partial charge in [-0.2, -0.15) is 0 Å².